The number of carbonyl (C=O) groups excluding carboxylic acids is 1. The molecular weight excluding hydrogens is 487 g/mol. The van der Waals surface area contributed by atoms with Crippen LogP contribution in [-0.4, -0.2) is 55.1 Å². The van der Waals surface area contributed by atoms with Crippen LogP contribution in [0.4, 0.5) is 19.1 Å². The van der Waals surface area contributed by atoms with Crippen LogP contribution in [0.3, 0.4) is 0 Å². The van der Waals surface area contributed by atoms with E-state index in [9.17, 15) is 18.0 Å². The molecular formula is C25H26F3N7O2. The number of benzene rings is 1. The summed E-state index contributed by atoms with van der Waals surface area (Å²) >= 11 is 0. The molecule has 0 unspecified atom stereocenters. The van der Waals surface area contributed by atoms with E-state index in [0.29, 0.717) is 38.0 Å². The lowest BCUT2D eigenvalue weighted by Gasteiger charge is -2.34. The second-order valence-corrected chi connectivity index (χ2v) is 9.30. The lowest BCUT2D eigenvalue weighted by atomic mass is 9.96. The Morgan fingerprint density at radius 1 is 1.16 bits per heavy atom. The highest BCUT2D eigenvalue weighted by molar-refractivity contribution is 5.84. The highest BCUT2D eigenvalue weighted by Crippen LogP contribution is 2.30. The van der Waals surface area contributed by atoms with Crippen molar-refractivity contribution in [3.05, 3.63) is 54.3 Å². The Morgan fingerprint density at radius 2 is 1.86 bits per heavy atom. The molecule has 0 bridgehead atoms. The molecule has 1 fully saturated rings. The van der Waals surface area contributed by atoms with Gasteiger partial charge in [0.25, 0.3) is 0 Å². The maximum atomic E-state index is 12.7. The van der Waals surface area contributed by atoms with E-state index in [1.54, 1.807) is 6.92 Å². The molecule has 1 amide bonds. The number of para-hydroxylation sites is 1. The van der Waals surface area contributed by atoms with Gasteiger partial charge >= 0.3 is 12.1 Å². The third-order valence-corrected chi connectivity index (χ3v) is 6.73. The van der Waals surface area contributed by atoms with Gasteiger partial charge in [-0.3, -0.25) is 4.79 Å². The molecule has 0 aliphatic carbocycles. The Labute approximate surface area is 210 Å². The van der Waals surface area contributed by atoms with Crippen molar-refractivity contribution in [3.8, 4) is 11.4 Å². The third kappa shape index (κ3) is 5.27. The highest BCUT2D eigenvalue weighted by Gasteiger charge is 2.38. The number of hydrogen-bond donors (Lipinski definition) is 0. The first-order valence-corrected chi connectivity index (χ1v) is 12.0. The van der Waals surface area contributed by atoms with Gasteiger partial charge in [-0.1, -0.05) is 23.4 Å². The van der Waals surface area contributed by atoms with Crippen LogP contribution in [0.25, 0.3) is 22.3 Å². The van der Waals surface area contributed by atoms with Gasteiger partial charge in [0.15, 0.2) is 0 Å². The smallest absolute Gasteiger partial charge is 0.350 e. The van der Waals surface area contributed by atoms with Crippen LogP contribution < -0.4 is 4.90 Å². The Balaban J connectivity index is 1.19. The number of aryl methyl sites for hydroxylation is 1. The van der Waals surface area contributed by atoms with E-state index in [0.717, 1.165) is 29.3 Å². The molecule has 5 rings (SSSR count). The molecule has 1 aliphatic heterocycles. The van der Waals surface area contributed by atoms with Crippen LogP contribution in [0.5, 0.6) is 0 Å². The van der Waals surface area contributed by atoms with Gasteiger partial charge in [0.2, 0.25) is 17.7 Å². The minimum Gasteiger partial charge on any atom is -0.350 e. The fraction of sp³-hybridized carbons (Fsp3) is 0.400. The molecule has 4 heterocycles. The van der Waals surface area contributed by atoms with E-state index in [-0.39, 0.29) is 17.3 Å². The summed E-state index contributed by atoms with van der Waals surface area (Å²) in [5, 5.41) is 4.52. The van der Waals surface area contributed by atoms with Gasteiger partial charge in [-0.05, 0) is 30.4 Å². The summed E-state index contributed by atoms with van der Waals surface area (Å²) in [6.45, 7) is 4.27. The van der Waals surface area contributed by atoms with Crippen molar-refractivity contribution in [2.45, 2.75) is 32.5 Å². The minimum absolute atomic E-state index is 0.0458. The van der Waals surface area contributed by atoms with E-state index in [1.807, 2.05) is 29.0 Å². The third-order valence-electron chi connectivity index (χ3n) is 6.73. The van der Waals surface area contributed by atoms with E-state index in [4.69, 9.17) is 0 Å². The SMILES string of the molecule is CC(=O)N(Cc1cn(C)c2ccccc12)CC1CCN(c2ncc(-c3noc(C(F)(F)F)n3)cn2)CC1. The van der Waals surface area contributed by atoms with Crippen LogP contribution in [0.2, 0.25) is 0 Å². The average Bonchev–Trinajstić information content (AvgIpc) is 3.50. The molecule has 0 atom stereocenters. The first-order chi connectivity index (χ1) is 17.7. The topological polar surface area (TPSA) is 93.2 Å². The second kappa shape index (κ2) is 9.83. The van der Waals surface area contributed by atoms with Crippen molar-refractivity contribution < 1.29 is 22.5 Å². The molecule has 0 spiro atoms. The number of hydrogen-bond acceptors (Lipinski definition) is 7. The number of nitrogens with zero attached hydrogens (tertiary/aromatic N) is 7. The average molecular weight is 514 g/mol. The number of carbonyl (C=O) groups is 1. The molecule has 1 aromatic carbocycles. The predicted octanol–water partition coefficient (Wildman–Crippen LogP) is 4.30. The highest BCUT2D eigenvalue weighted by atomic mass is 19.4. The van der Waals surface area contributed by atoms with Gasteiger partial charge in [-0.25, -0.2) is 9.97 Å². The maximum Gasteiger partial charge on any atom is 0.471 e. The monoisotopic (exact) mass is 513 g/mol. The summed E-state index contributed by atoms with van der Waals surface area (Å²) in [5.41, 5.74) is 2.51. The summed E-state index contributed by atoms with van der Waals surface area (Å²) in [6.07, 6.45) is 1.89. The number of fused-ring (bicyclic) bond motifs is 1. The van der Waals surface area contributed by atoms with Crippen molar-refractivity contribution in [2.75, 3.05) is 24.5 Å². The normalized spacial score (nSPS) is 14.9. The first-order valence-electron chi connectivity index (χ1n) is 12.0. The summed E-state index contributed by atoms with van der Waals surface area (Å²) in [4.78, 5) is 28.4. The quantitative estimate of drug-likeness (QED) is 0.380. The van der Waals surface area contributed by atoms with E-state index in [1.165, 1.54) is 12.4 Å². The zero-order valence-electron chi connectivity index (χ0n) is 20.4. The minimum atomic E-state index is -4.71. The molecule has 0 saturated carbocycles. The van der Waals surface area contributed by atoms with E-state index in [2.05, 4.69) is 47.5 Å². The van der Waals surface area contributed by atoms with Gasteiger partial charge in [-0.2, -0.15) is 18.2 Å². The van der Waals surface area contributed by atoms with Crippen molar-refractivity contribution in [2.24, 2.45) is 13.0 Å². The molecule has 37 heavy (non-hydrogen) atoms. The van der Waals surface area contributed by atoms with Gasteiger partial charge in [0, 0.05) is 69.6 Å². The van der Waals surface area contributed by atoms with E-state index >= 15 is 0 Å². The summed E-state index contributed by atoms with van der Waals surface area (Å²) in [6, 6.07) is 8.18. The summed E-state index contributed by atoms with van der Waals surface area (Å²) in [5.74, 6) is -0.748. The summed E-state index contributed by atoms with van der Waals surface area (Å²) < 4.78 is 44.4. The Hall–Kier alpha value is -3.96. The van der Waals surface area contributed by atoms with Gasteiger partial charge in [0.05, 0.1) is 5.56 Å². The fourth-order valence-corrected chi connectivity index (χ4v) is 4.74. The maximum absolute atomic E-state index is 12.7. The Kier molecular flexibility index (Phi) is 6.57. The molecule has 12 heteroatoms. The van der Waals surface area contributed by atoms with Gasteiger partial charge in [0.1, 0.15) is 0 Å². The largest absolute Gasteiger partial charge is 0.471 e. The van der Waals surface area contributed by atoms with Crippen molar-refractivity contribution in [3.63, 3.8) is 0 Å². The number of piperidine rings is 1. The second-order valence-electron chi connectivity index (χ2n) is 9.30. The van der Waals surface area contributed by atoms with Crippen LogP contribution in [-0.2, 0) is 24.6 Å². The molecule has 0 radical (unpaired) electrons. The predicted molar refractivity (Wildman–Crippen MR) is 129 cm³/mol. The zero-order valence-corrected chi connectivity index (χ0v) is 20.4. The first kappa shape index (κ1) is 24.7. The molecule has 0 N–H and O–H groups in total. The molecule has 9 nitrogen and oxygen atoms in total. The number of alkyl halides is 3. The fourth-order valence-electron chi connectivity index (χ4n) is 4.74. The summed E-state index contributed by atoms with van der Waals surface area (Å²) in [7, 11) is 2.01. The number of anilines is 1. The standard InChI is InChI=1S/C25H26F3N7O2/c1-16(36)35(15-19-14-33(2)21-6-4-3-5-20(19)21)13-17-7-9-34(10-8-17)24-29-11-18(12-30-24)22-31-23(37-32-22)25(26,27)28/h3-6,11-12,14,17H,7-10,13,15H2,1-2H3. The molecule has 3 aromatic heterocycles. The zero-order chi connectivity index (χ0) is 26.2. The number of halogens is 3. The lowest BCUT2D eigenvalue weighted by molar-refractivity contribution is -0.159. The van der Waals surface area contributed by atoms with Crippen LogP contribution in [0.15, 0.2) is 47.4 Å². The number of rotatable bonds is 6. The van der Waals surface area contributed by atoms with Crippen molar-refractivity contribution >= 4 is 22.8 Å². The lowest BCUT2D eigenvalue weighted by Crippen LogP contribution is -2.40. The Morgan fingerprint density at radius 3 is 2.51 bits per heavy atom. The number of aromatic nitrogens is 5. The number of amides is 1. The molecule has 4 aromatic rings. The van der Waals surface area contributed by atoms with E-state index < -0.39 is 12.1 Å². The molecule has 1 saturated heterocycles. The van der Waals surface area contributed by atoms with Crippen LogP contribution in [0, 0.1) is 5.92 Å². The van der Waals surface area contributed by atoms with Crippen molar-refractivity contribution in [1.29, 1.82) is 0 Å². The van der Waals surface area contributed by atoms with Gasteiger partial charge < -0.3 is 18.9 Å². The van der Waals surface area contributed by atoms with Crippen LogP contribution in [0.1, 0.15) is 31.2 Å². The van der Waals surface area contributed by atoms with Crippen LogP contribution >= 0.6 is 0 Å². The van der Waals surface area contributed by atoms with Gasteiger partial charge in [-0.15, -0.1) is 0 Å². The van der Waals surface area contributed by atoms with Crippen molar-refractivity contribution in [1.82, 2.24) is 29.6 Å². The molecule has 194 valence electrons. The Bertz CT molecular complexity index is 1390. The molecule has 1 aliphatic rings.